The molecule has 0 aliphatic carbocycles. The van der Waals surface area contributed by atoms with Crippen LogP contribution in [-0.4, -0.2) is 29.8 Å². The van der Waals surface area contributed by atoms with Gasteiger partial charge in [0.25, 0.3) is 0 Å². The Morgan fingerprint density at radius 1 is 1.26 bits per heavy atom. The molecule has 0 saturated heterocycles. The zero-order valence-electron chi connectivity index (χ0n) is 9.47. The van der Waals surface area contributed by atoms with Gasteiger partial charge in [-0.3, -0.25) is 0 Å². The molecule has 7 nitrogen and oxygen atoms in total. The summed E-state index contributed by atoms with van der Waals surface area (Å²) in [5.41, 5.74) is 1.49. The van der Waals surface area contributed by atoms with Crippen molar-refractivity contribution in [2.24, 2.45) is 0 Å². The van der Waals surface area contributed by atoms with Gasteiger partial charge in [-0.25, -0.2) is 4.68 Å². The van der Waals surface area contributed by atoms with Crippen LogP contribution in [0.15, 0.2) is 30.6 Å². The van der Waals surface area contributed by atoms with Crippen LogP contribution in [0.1, 0.15) is 5.69 Å². The van der Waals surface area contributed by atoms with Gasteiger partial charge >= 0.3 is 0 Å². The second-order valence-corrected chi connectivity index (χ2v) is 4.89. The maximum atomic E-state index is 5.89. The van der Waals surface area contributed by atoms with Crippen LogP contribution >= 0.6 is 23.1 Å². The average molecular weight is 295 g/mol. The predicted octanol–water partition coefficient (Wildman–Crippen LogP) is 1.75. The van der Waals surface area contributed by atoms with E-state index in [9.17, 15) is 0 Å². The molecule has 2 heterocycles. The van der Waals surface area contributed by atoms with Crippen LogP contribution in [0.5, 0.6) is 5.75 Å². The zero-order valence-corrected chi connectivity index (χ0v) is 11.0. The van der Waals surface area contributed by atoms with E-state index in [1.54, 1.807) is 4.68 Å². The molecule has 0 radical (unpaired) electrons. The van der Waals surface area contributed by atoms with E-state index in [0.29, 0.717) is 22.4 Å². The average Bonchev–Trinajstić information content (AvgIpc) is 3.09. The van der Waals surface area contributed by atoms with Crippen LogP contribution in [0.3, 0.4) is 0 Å². The standard InChI is InChI=1S/C10H7ClN6OS/c11-10-9(13-16-19-10)5-18-8-3-1-7(2-4-8)17-6-12-14-15-17/h1-4,6H,5H2. The van der Waals surface area contributed by atoms with Gasteiger partial charge in [-0.1, -0.05) is 16.1 Å². The number of rotatable bonds is 4. The van der Waals surface area contributed by atoms with Crippen molar-refractivity contribution in [2.45, 2.75) is 6.61 Å². The first-order valence-corrected chi connectivity index (χ1v) is 6.41. The van der Waals surface area contributed by atoms with Gasteiger partial charge < -0.3 is 4.74 Å². The van der Waals surface area contributed by atoms with Crippen molar-refractivity contribution >= 4 is 23.1 Å². The maximum Gasteiger partial charge on any atom is 0.143 e. The molecule has 0 spiro atoms. The van der Waals surface area contributed by atoms with Crippen LogP contribution in [-0.2, 0) is 6.61 Å². The molecular formula is C10H7ClN6OS. The van der Waals surface area contributed by atoms with Crippen LogP contribution in [0.4, 0.5) is 0 Å². The van der Waals surface area contributed by atoms with Crippen molar-refractivity contribution in [3.8, 4) is 11.4 Å². The first-order chi connectivity index (χ1) is 9.33. The largest absolute Gasteiger partial charge is 0.487 e. The SMILES string of the molecule is Clc1snnc1COc1ccc(-n2cnnn2)cc1. The third-order valence-electron chi connectivity index (χ3n) is 2.34. The predicted molar refractivity (Wildman–Crippen MR) is 68.4 cm³/mol. The molecule has 0 bridgehead atoms. The fourth-order valence-electron chi connectivity index (χ4n) is 1.41. The highest BCUT2D eigenvalue weighted by atomic mass is 35.5. The van der Waals surface area contributed by atoms with Crippen LogP contribution in [0, 0.1) is 0 Å². The van der Waals surface area contributed by atoms with Gasteiger partial charge in [0.1, 0.15) is 28.7 Å². The van der Waals surface area contributed by atoms with Gasteiger partial charge in [0.15, 0.2) is 0 Å². The first kappa shape index (κ1) is 12.0. The molecule has 0 aliphatic rings. The summed E-state index contributed by atoms with van der Waals surface area (Å²) in [5.74, 6) is 0.709. The molecular weight excluding hydrogens is 288 g/mol. The number of hydrogen-bond donors (Lipinski definition) is 0. The Bertz CT molecular complexity index is 653. The molecule has 0 N–H and O–H groups in total. The Morgan fingerprint density at radius 3 is 2.74 bits per heavy atom. The monoisotopic (exact) mass is 294 g/mol. The third-order valence-corrected chi connectivity index (χ3v) is 3.32. The molecule has 3 rings (SSSR count). The highest BCUT2D eigenvalue weighted by Gasteiger charge is 2.06. The normalized spacial score (nSPS) is 10.6. The smallest absolute Gasteiger partial charge is 0.143 e. The molecule has 96 valence electrons. The molecule has 0 fully saturated rings. The van der Waals surface area contributed by atoms with E-state index in [1.807, 2.05) is 24.3 Å². The quantitative estimate of drug-likeness (QED) is 0.729. The summed E-state index contributed by atoms with van der Waals surface area (Å²) in [6.07, 6.45) is 1.52. The topological polar surface area (TPSA) is 78.6 Å². The number of halogens is 1. The second-order valence-electron chi connectivity index (χ2n) is 3.53. The Morgan fingerprint density at radius 2 is 2.11 bits per heavy atom. The minimum Gasteiger partial charge on any atom is -0.487 e. The number of hydrogen-bond acceptors (Lipinski definition) is 7. The van der Waals surface area contributed by atoms with Crippen molar-refractivity contribution in [1.29, 1.82) is 0 Å². The van der Waals surface area contributed by atoms with Gasteiger partial charge in [-0.05, 0) is 34.7 Å². The lowest BCUT2D eigenvalue weighted by molar-refractivity contribution is 0.301. The van der Waals surface area contributed by atoms with Gasteiger partial charge in [0.05, 0.1) is 5.69 Å². The number of nitrogens with zero attached hydrogens (tertiary/aromatic N) is 6. The van der Waals surface area contributed by atoms with E-state index in [0.717, 1.165) is 17.2 Å². The van der Waals surface area contributed by atoms with Crippen molar-refractivity contribution in [3.05, 3.63) is 40.6 Å². The van der Waals surface area contributed by atoms with Gasteiger partial charge in [0, 0.05) is 11.5 Å². The van der Waals surface area contributed by atoms with Crippen molar-refractivity contribution in [3.63, 3.8) is 0 Å². The lowest BCUT2D eigenvalue weighted by Crippen LogP contribution is -1.98. The lowest BCUT2D eigenvalue weighted by Gasteiger charge is -2.05. The Kier molecular flexibility index (Phi) is 3.34. The van der Waals surface area contributed by atoms with E-state index in [1.165, 1.54) is 6.33 Å². The van der Waals surface area contributed by atoms with Gasteiger partial charge in [-0.2, -0.15) is 0 Å². The van der Waals surface area contributed by atoms with E-state index >= 15 is 0 Å². The molecule has 0 unspecified atom stereocenters. The first-order valence-electron chi connectivity index (χ1n) is 5.26. The Balaban J connectivity index is 1.68. The minimum atomic E-state index is 0.291. The summed E-state index contributed by atoms with van der Waals surface area (Å²) < 4.78 is 11.4. The second kappa shape index (κ2) is 5.29. The fraction of sp³-hybridized carbons (Fsp3) is 0.100. The van der Waals surface area contributed by atoms with E-state index in [4.69, 9.17) is 16.3 Å². The summed E-state index contributed by atoms with van der Waals surface area (Å²) in [6, 6.07) is 7.36. The molecule has 1 aromatic carbocycles. The maximum absolute atomic E-state index is 5.89. The summed E-state index contributed by atoms with van der Waals surface area (Å²) in [6.45, 7) is 0.291. The molecule has 2 aromatic heterocycles. The Hall–Kier alpha value is -2.06. The summed E-state index contributed by atoms with van der Waals surface area (Å²) in [5, 5.41) is 14.8. The lowest BCUT2D eigenvalue weighted by atomic mass is 10.3. The van der Waals surface area contributed by atoms with Crippen LogP contribution in [0.25, 0.3) is 5.69 Å². The van der Waals surface area contributed by atoms with Crippen molar-refractivity contribution < 1.29 is 4.74 Å². The fourth-order valence-corrected chi connectivity index (χ4v) is 2.01. The van der Waals surface area contributed by atoms with Crippen LogP contribution in [0.2, 0.25) is 4.34 Å². The zero-order chi connectivity index (χ0) is 13.1. The van der Waals surface area contributed by atoms with Gasteiger partial charge in [-0.15, -0.1) is 10.2 Å². The van der Waals surface area contributed by atoms with E-state index in [-0.39, 0.29) is 0 Å². The van der Waals surface area contributed by atoms with E-state index in [2.05, 4.69) is 25.1 Å². The van der Waals surface area contributed by atoms with Crippen LogP contribution < -0.4 is 4.74 Å². The molecule has 0 amide bonds. The number of tetrazole rings is 1. The number of ether oxygens (including phenoxy) is 1. The molecule has 0 aliphatic heterocycles. The molecule has 0 atom stereocenters. The molecule has 3 aromatic rings. The summed E-state index contributed by atoms with van der Waals surface area (Å²) in [4.78, 5) is 0. The number of benzene rings is 1. The van der Waals surface area contributed by atoms with Crippen molar-refractivity contribution in [1.82, 2.24) is 29.8 Å². The van der Waals surface area contributed by atoms with Crippen molar-refractivity contribution in [2.75, 3.05) is 0 Å². The molecule has 9 heteroatoms. The summed E-state index contributed by atoms with van der Waals surface area (Å²) in [7, 11) is 0. The Labute approximate surface area is 116 Å². The highest BCUT2D eigenvalue weighted by Crippen LogP contribution is 2.20. The third kappa shape index (κ3) is 2.69. The molecule has 19 heavy (non-hydrogen) atoms. The number of aromatic nitrogens is 6. The highest BCUT2D eigenvalue weighted by molar-refractivity contribution is 7.10. The van der Waals surface area contributed by atoms with E-state index < -0.39 is 0 Å². The molecule has 0 saturated carbocycles. The minimum absolute atomic E-state index is 0.291. The van der Waals surface area contributed by atoms with Gasteiger partial charge in [0.2, 0.25) is 0 Å². The summed E-state index contributed by atoms with van der Waals surface area (Å²) >= 11 is 7.03.